The summed E-state index contributed by atoms with van der Waals surface area (Å²) >= 11 is 7.65. The largest absolute Gasteiger partial charge is 0.353 e. The van der Waals surface area contributed by atoms with Crippen molar-refractivity contribution in [2.75, 3.05) is 0 Å². The number of rotatable bonds is 5. The summed E-state index contributed by atoms with van der Waals surface area (Å²) in [5, 5.41) is 3.01. The Balaban J connectivity index is 1.66. The minimum Gasteiger partial charge on any atom is -0.353 e. The molecule has 1 saturated carbocycles. The number of aromatic nitrogens is 2. The Hall–Kier alpha value is -0.890. The third-order valence-corrected chi connectivity index (χ3v) is 4.46. The second kappa shape index (κ2) is 5.85. The number of aromatic amines is 1. The lowest BCUT2D eigenvalue weighted by Gasteiger charge is -2.05. The number of imidazole rings is 1. The van der Waals surface area contributed by atoms with Crippen LogP contribution in [-0.4, -0.2) is 21.5 Å². The first-order chi connectivity index (χ1) is 9.63. The number of hydrogen-bond acceptors (Lipinski definition) is 2. The molecular weight excluding hydrogens is 385 g/mol. The number of hydrogen-bond donors (Lipinski definition) is 2. The lowest BCUT2D eigenvalue weighted by molar-refractivity contribution is -0.121. The summed E-state index contributed by atoms with van der Waals surface area (Å²) in [7, 11) is 0. The van der Waals surface area contributed by atoms with Gasteiger partial charge in [-0.15, -0.1) is 0 Å². The maximum absolute atomic E-state index is 11.7. The molecule has 1 aliphatic rings. The first kappa shape index (κ1) is 14.1. The third-order valence-electron chi connectivity index (χ3n) is 3.46. The lowest BCUT2D eigenvalue weighted by atomic mass is 10.2. The third kappa shape index (κ3) is 3.22. The lowest BCUT2D eigenvalue weighted by Crippen LogP contribution is -2.25. The van der Waals surface area contributed by atoms with Gasteiger partial charge in [0.15, 0.2) is 4.77 Å². The van der Waals surface area contributed by atoms with Gasteiger partial charge in [-0.1, -0.05) is 0 Å². The van der Waals surface area contributed by atoms with E-state index in [1.165, 1.54) is 3.57 Å². The predicted molar refractivity (Wildman–Crippen MR) is 90.2 cm³/mol. The Kier molecular flexibility index (Phi) is 4.11. The summed E-state index contributed by atoms with van der Waals surface area (Å²) in [5.74, 6) is 0.161. The fraction of sp³-hybridized carbons (Fsp3) is 0.429. The molecule has 0 radical (unpaired) electrons. The van der Waals surface area contributed by atoms with Gasteiger partial charge in [0.2, 0.25) is 5.91 Å². The Morgan fingerprint density at radius 1 is 1.50 bits per heavy atom. The number of fused-ring (bicyclic) bond motifs is 1. The standard InChI is InChI=1S/C14H16IN3OS/c15-9-3-6-12-11(8-9)17-14(20)18(12)7-1-2-13(19)16-10-4-5-10/h3,6,8,10H,1-2,4-5,7H2,(H,16,19)(H,17,20). The molecule has 2 N–H and O–H groups in total. The molecule has 1 aliphatic carbocycles. The number of benzene rings is 1. The van der Waals surface area contributed by atoms with Crippen LogP contribution in [-0.2, 0) is 11.3 Å². The van der Waals surface area contributed by atoms with Crippen molar-refractivity contribution in [1.29, 1.82) is 0 Å². The number of halogens is 1. The summed E-state index contributed by atoms with van der Waals surface area (Å²) in [6.07, 6.45) is 3.65. The zero-order valence-corrected chi connectivity index (χ0v) is 14.0. The first-order valence-electron chi connectivity index (χ1n) is 6.81. The van der Waals surface area contributed by atoms with Gasteiger partial charge in [0.25, 0.3) is 0 Å². The highest BCUT2D eigenvalue weighted by Gasteiger charge is 2.22. The molecule has 106 valence electrons. The van der Waals surface area contributed by atoms with Crippen LogP contribution in [0.25, 0.3) is 11.0 Å². The number of carbonyl (C=O) groups is 1. The van der Waals surface area contributed by atoms with E-state index in [-0.39, 0.29) is 5.91 Å². The van der Waals surface area contributed by atoms with E-state index in [1.807, 2.05) is 0 Å². The Morgan fingerprint density at radius 2 is 2.30 bits per heavy atom. The van der Waals surface area contributed by atoms with Gasteiger partial charge in [0, 0.05) is 22.6 Å². The second-order valence-corrected chi connectivity index (χ2v) is 6.82. The molecule has 1 amide bonds. The Bertz CT molecular complexity index is 702. The predicted octanol–water partition coefficient (Wildman–Crippen LogP) is 3.36. The molecular formula is C14H16IN3OS. The number of nitrogens with one attached hydrogen (secondary N) is 2. The van der Waals surface area contributed by atoms with Crippen molar-refractivity contribution >= 4 is 51.7 Å². The van der Waals surface area contributed by atoms with Gasteiger partial charge in [-0.25, -0.2) is 0 Å². The minimum atomic E-state index is 0.161. The van der Waals surface area contributed by atoms with Crippen molar-refractivity contribution in [2.24, 2.45) is 0 Å². The van der Waals surface area contributed by atoms with Gasteiger partial charge in [-0.3, -0.25) is 4.79 Å². The highest BCUT2D eigenvalue weighted by molar-refractivity contribution is 14.1. The molecule has 0 bridgehead atoms. The van der Waals surface area contributed by atoms with Crippen LogP contribution in [0.1, 0.15) is 25.7 Å². The van der Waals surface area contributed by atoms with Crippen LogP contribution in [0.2, 0.25) is 0 Å². The fourth-order valence-electron chi connectivity index (χ4n) is 2.28. The summed E-state index contributed by atoms with van der Waals surface area (Å²) in [4.78, 5) is 14.9. The fourth-order valence-corrected chi connectivity index (χ4v) is 3.07. The van der Waals surface area contributed by atoms with Gasteiger partial charge in [0.1, 0.15) is 0 Å². The summed E-state index contributed by atoms with van der Waals surface area (Å²) in [5.41, 5.74) is 2.17. The molecule has 3 rings (SSSR count). The van der Waals surface area contributed by atoms with Crippen molar-refractivity contribution in [3.63, 3.8) is 0 Å². The molecule has 4 nitrogen and oxygen atoms in total. The van der Waals surface area contributed by atoms with E-state index in [4.69, 9.17) is 12.2 Å². The highest BCUT2D eigenvalue weighted by Crippen LogP contribution is 2.19. The van der Waals surface area contributed by atoms with Crippen molar-refractivity contribution in [1.82, 2.24) is 14.9 Å². The molecule has 0 atom stereocenters. The summed E-state index contributed by atoms with van der Waals surface area (Å²) in [6, 6.07) is 6.68. The average molecular weight is 401 g/mol. The van der Waals surface area contributed by atoms with Gasteiger partial charge in [-0.05, 0) is 72.3 Å². The average Bonchev–Trinajstić information content (AvgIpc) is 3.14. The monoisotopic (exact) mass is 401 g/mol. The summed E-state index contributed by atoms with van der Waals surface area (Å²) in [6.45, 7) is 0.775. The molecule has 1 aromatic heterocycles. The highest BCUT2D eigenvalue weighted by atomic mass is 127. The second-order valence-electron chi connectivity index (χ2n) is 5.19. The smallest absolute Gasteiger partial charge is 0.220 e. The zero-order chi connectivity index (χ0) is 14.1. The first-order valence-corrected chi connectivity index (χ1v) is 8.29. The Labute approximate surface area is 136 Å². The number of H-pyrrole nitrogens is 1. The summed E-state index contributed by atoms with van der Waals surface area (Å²) < 4.78 is 3.98. The minimum absolute atomic E-state index is 0.161. The van der Waals surface area contributed by atoms with Crippen molar-refractivity contribution in [2.45, 2.75) is 38.3 Å². The van der Waals surface area contributed by atoms with Crippen LogP contribution in [0, 0.1) is 8.34 Å². The van der Waals surface area contributed by atoms with Crippen LogP contribution in [0.5, 0.6) is 0 Å². The van der Waals surface area contributed by atoms with E-state index in [9.17, 15) is 4.79 Å². The molecule has 6 heteroatoms. The van der Waals surface area contributed by atoms with Crippen molar-refractivity contribution in [3.8, 4) is 0 Å². The quantitative estimate of drug-likeness (QED) is 0.597. The number of carbonyl (C=O) groups excluding carboxylic acids is 1. The normalized spacial score (nSPS) is 14.7. The van der Waals surface area contributed by atoms with E-state index < -0.39 is 0 Å². The van der Waals surface area contributed by atoms with Crippen LogP contribution < -0.4 is 5.32 Å². The molecule has 1 heterocycles. The molecule has 0 aliphatic heterocycles. The van der Waals surface area contributed by atoms with E-state index in [2.05, 4.69) is 55.7 Å². The van der Waals surface area contributed by atoms with Crippen LogP contribution in [0.4, 0.5) is 0 Å². The van der Waals surface area contributed by atoms with E-state index in [1.54, 1.807) is 0 Å². The number of amides is 1. The van der Waals surface area contributed by atoms with Crippen LogP contribution in [0.15, 0.2) is 18.2 Å². The van der Waals surface area contributed by atoms with Gasteiger partial charge >= 0.3 is 0 Å². The maximum atomic E-state index is 11.7. The zero-order valence-electron chi connectivity index (χ0n) is 11.0. The molecule has 1 fully saturated rings. The van der Waals surface area contributed by atoms with Gasteiger partial charge in [-0.2, -0.15) is 0 Å². The van der Waals surface area contributed by atoms with Crippen LogP contribution in [0.3, 0.4) is 0 Å². The van der Waals surface area contributed by atoms with E-state index in [0.717, 1.165) is 41.6 Å². The van der Waals surface area contributed by atoms with E-state index >= 15 is 0 Å². The number of nitrogens with zero attached hydrogens (tertiary/aromatic N) is 1. The molecule has 2 aromatic rings. The number of aryl methyl sites for hydroxylation is 1. The molecule has 20 heavy (non-hydrogen) atoms. The van der Waals surface area contributed by atoms with Crippen molar-refractivity contribution in [3.05, 3.63) is 26.5 Å². The van der Waals surface area contributed by atoms with Gasteiger partial charge in [0.05, 0.1) is 11.0 Å². The SMILES string of the molecule is O=C(CCCn1c(=S)[nH]c2cc(I)ccc21)NC1CC1. The Morgan fingerprint density at radius 3 is 3.05 bits per heavy atom. The molecule has 0 saturated heterocycles. The van der Waals surface area contributed by atoms with E-state index in [0.29, 0.717) is 12.5 Å². The van der Waals surface area contributed by atoms with Gasteiger partial charge < -0.3 is 14.9 Å². The molecule has 0 spiro atoms. The van der Waals surface area contributed by atoms with Crippen molar-refractivity contribution < 1.29 is 4.79 Å². The topological polar surface area (TPSA) is 49.8 Å². The molecule has 0 unspecified atom stereocenters. The van der Waals surface area contributed by atoms with Crippen LogP contribution >= 0.6 is 34.8 Å². The maximum Gasteiger partial charge on any atom is 0.220 e. The molecule has 1 aromatic carbocycles.